The summed E-state index contributed by atoms with van der Waals surface area (Å²) < 4.78 is 33.6. The highest BCUT2D eigenvalue weighted by molar-refractivity contribution is 7.22. The number of hydrogen-bond donors (Lipinski definition) is 0. The Morgan fingerprint density at radius 3 is 2.73 bits per heavy atom. The predicted octanol–water partition coefficient (Wildman–Crippen LogP) is 6.49. The van der Waals surface area contributed by atoms with E-state index in [4.69, 9.17) is 21.6 Å². The van der Waals surface area contributed by atoms with E-state index >= 15 is 4.39 Å². The molecule has 30 heavy (non-hydrogen) atoms. The maximum absolute atomic E-state index is 15.2. The summed E-state index contributed by atoms with van der Waals surface area (Å²) in [5.74, 6) is -1.44. The molecule has 8 heteroatoms. The summed E-state index contributed by atoms with van der Waals surface area (Å²) in [6.07, 6.45) is 2.99. The van der Waals surface area contributed by atoms with Crippen molar-refractivity contribution >= 4 is 43.2 Å². The fourth-order valence-corrected chi connectivity index (χ4v) is 4.16. The summed E-state index contributed by atoms with van der Waals surface area (Å²) in [5.41, 5.74) is 3.33. The standard InChI is InChI=1S/C22H17ClFN2O3P/c1-4-29-22(27)21-18(15-11-12(2)10-14(13(15)3)6-5-9-25)19-17(26(21)30-28)8-7-16(23)20(19)24/h5-8,10-11H,4H2,1-3H3. The minimum Gasteiger partial charge on any atom is -0.461 e. The molecule has 0 aliphatic rings. The summed E-state index contributed by atoms with van der Waals surface area (Å²) in [5, 5.41) is 8.86. The third-order valence-corrected chi connectivity index (χ3v) is 5.62. The molecule has 3 rings (SSSR count). The number of ether oxygens (including phenoxy) is 1. The Balaban J connectivity index is 2.54. The second-order valence-electron chi connectivity index (χ2n) is 6.58. The Kier molecular flexibility index (Phi) is 6.36. The number of esters is 1. The van der Waals surface area contributed by atoms with Crippen LogP contribution in [-0.2, 0) is 9.30 Å². The maximum Gasteiger partial charge on any atom is 0.356 e. The number of nitrogens with zero attached hydrogens (tertiary/aromatic N) is 2. The van der Waals surface area contributed by atoms with Gasteiger partial charge in [0.1, 0.15) is 5.69 Å². The fraction of sp³-hybridized carbons (Fsp3) is 0.182. The molecule has 0 aliphatic heterocycles. The molecule has 0 radical (unpaired) electrons. The van der Waals surface area contributed by atoms with E-state index in [1.807, 2.05) is 25.1 Å². The van der Waals surface area contributed by atoms with E-state index in [0.717, 1.165) is 16.7 Å². The van der Waals surface area contributed by atoms with Gasteiger partial charge in [0, 0.05) is 17.0 Å². The maximum atomic E-state index is 15.2. The SMILES string of the molecule is CCOC(=O)c1c(-c2cc(C)cc(C=CC#N)c2C)c2c(F)c(Cl)ccc2n1P=O. The van der Waals surface area contributed by atoms with Crippen molar-refractivity contribution < 1.29 is 18.5 Å². The van der Waals surface area contributed by atoms with E-state index < -0.39 is 20.4 Å². The van der Waals surface area contributed by atoms with E-state index in [1.54, 1.807) is 19.9 Å². The lowest BCUT2D eigenvalue weighted by atomic mass is 9.92. The number of allylic oxidation sites excluding steroid dienone is 1. The van der Waals surface area contributed by atoms with E-state index in [2.05, 4.69) is 0 Å². The molecule has 2 aromatic carbocycles. The monoisotopic (exact) mass is 442 g/mol. The van der Waals surface area contributed by atoms with Gasteiger partial charge in [-0.05, 0) is 61.2 Å². The Hall–Kier alpha value is -3.00. The molecule has 0 atom stereocenters. The van der Waals surface area contributed by atoms with Gasteiger partial charge in [-0.1, -0.05) is 23.7 Å². The predicted molar refractivity (Wildman–Crippen MR) is 115 cm³/mol. The van der Waals surface area contributed by atoms with Crippen molar-refractivity contribution in [2.75, 3.05) is 6.61 Å². The van der Waals surface area contributed by atoms with Crippen LogP contribution in [0.1, 0.15) is 34.1 Å². The van der Waals surface area contributed by atoms with Crippen molar-refractivity contribution in [1.82, 2.24) is 4.34 Å². The number of aromatic nitrogens is 1. The number of fused-ring (bicyclic) bond motifs is 1. The van der Waals surface area contributed by atoms with Crippen LogP contribution in [0.15, 0.2) is 30.3 Å². The number of carbonyl (C=O) groups is 1. The second kappa shape index (κ2) is 8.79. The normalized spacial score (nSPS) is 11.3. The molecule has 3 aromatic rings. The van der Waals surface area contributed by atoms with Crippen LogP contribution >= 0.6 is 20.2 Å². The van der Waals surface area contributed by atoms with Gasteiger partial charge in [-0.3, -0.25) is 4.34 Å². The fourth-order valence-electron chi connectivity index (χ4n) is 3.48. The Bertz CT molecular complexity index is 1260. The minimum atomic E-state index is -0.724. The molecular formula is C22H17ClFN2O3P. The molecule has 152 valence electrons. The Labute approximate surface area is 179 Å². The smallest absolute Gasteiger partial charge is 0.356 e. The minimum absolute atomic E-state index is 0.0337. The van der Waals surface area contributed by atoms with Crippen molar-refractivity contribution in [1.29, 1.82) is 5.26 Å². The number of halogens is 2. The highest BCUT2D eigenvalue weighted by Gasteiger charge is 2.29. The van der Waals surface area contributed by atoms with E-state index in [1.165, 1.54) is 22.5 Å². The van der Waals surface area contributed by atoms with Gasteiger partial charge >= 0.3 is 5.97 Å². The zero-order valence-corrected chi connectivity index (χ0v) is 18.1. The van der Waals surface area contributed by atoms with E-state index in [-0.39, 0.29) is 33.8 Å². The lowest BCUT2D eigenvalue weighted by molar-refractivity contribution is 0.0520. The van der Waals surface area contributed by atoms with Crippen LogP contribution in [0.4, 0.5) is 4.39 Å². The number of rotatable bonds is 5. The average Bonchev–Trinajstić information content (AvgIpc) is 3.06. The topological polar surface area (TPSA) is 72.1 Å². The summed E-state index contributed by atoms with van der Waals surface area (Å²) in [6, 6.07) is 8.50. The Morgan fingerprint density at radius 2 is 2.10 bits per heavy atom. The van der Waals surface area contributed by atoms with Crippen LogP contribution in [0, 0.1) is 31.0 Å². The van der Waals surface area contributed by atoms with Crippen LogP contribution in [0.2, 0.25) is 5.02 Å². The molecule has 0 aliphatic carbocycles. The third kappa shape index (κ3) is 3.63. The van der Waals surface area contributed by atoms with Gasteiger partial charge in [-0.15, -0.1) is 0 Å². The van der Waals surface area contributed by atoms with Crippen molar-refractivity contribution in [2.24, 2.45) is 0 Å². The highest BCUT2D eigenvalue weighted by Crippen LogP contribution is 2.42. The summed E-state index contributed by atoms with van der Waals surface area (Å²) >= 11 is 6.04. The molecule has 0 spiro atoms. The first-order chi connectivity index (χ1) is 14.3. The summed E-state index contributed by atoms with van der Waals surface area (Å²) in [4.78, 5) is 12.8. The van der Waals surface area contributed by atoms with Gasteiger partial charge in [0.05, 0.1) is 23.2 Å². The van der Waals surface area contributed by atoms with E-state index in [9.17, 15) is 9.36 Å². The van der Waals surface area contributed by atoms with Gasteiger partial charge in [-0.25, -0.2) is 13.8 Å². The van der Waals surface area contributed by atoms with E-state index in [0.29, 0.717) is 5.56 Å². The molecule has 0 amide bonds. The lowest BCUT2D eigenvalue weighted by Gasteiger charge is -2.13. The van der Waals surface area contributed by atoms with Crippen LogP contribution < -0.4 is 0 Å². The zero-order valence-electron chi connectivity index (χ0n) is 16.5. The van der Waals surface area contributed by atoms with Crippen LogP contribution in [0.25, 0.3) is 28.1 Å². The molecule has 5 nitrogen and oxygen atoms in total. The molecule has 0 bridgehead atoms. The number of carbonyl (C=O) groups excluding carboxylic acids is 1. The van der Waals surface area contributed by atoms with Gasteiger partial charge in [0.15, 0.2) is 5.82 Å². The molecule has 0 saturated heterocycles. The summed E-state index contributed by atoms with van der Waals surface area (Å²) in [6.45, 7) is 5.41. The number of nitriles is 1. The third-order valence-electron chi connectivity index (χ3n) is 4.75. The molecule has 0 unspecified atom stereocenters. The largest absolute Gasteiger partial charge is 0.461 e. The summed E-state index contributed by atoms with van der Waals surface area (Å²) in [7, 11) is -0.517. The molecule has 1 aromatic heterocycles. The quantitative estimate of drug-likeness (QED) is 0.257. The molecule has 1 heterocycles. The van der Waals surface area contributed by atoms with Gasteiger partial charge < -0.3 is 4.74 Å². The van der Waals surface area contributed by atoms with Crippen LogP contribution in [0.3, 0.4) is 0 Å². The number of hydrogen-bond acceptors (Lipinski definition) is 4. The van der Waals surface area contributed by atoms with Gasteiger partial charge in [0.2, 0.25) is 0 Å². The first kappa shape index (κ1) is 21.7. The van der Waals surface area contributed by atoms with Crippen molar-refractivity contribution in [2.45, 2.75) is 20.8 Å². The van der Waals surface area contributed by atoms with Crippen molar-refractivity contribution in [3.63, 3.8) is 0 Å². The zero-order chi connectivity index (χ0) is 22.0. The van der Waals surface area contributed by atoms with Crippen molar-refractivity contribution in [3.8, 4) is 17.2 Å². The van der Waals surface area contributed by atoms with Crippen LogP contribution in [0.5, 0.6) is 0 Å². The molecular weight excluding hydrogens is 426 g/mol. The average molecular weight is 443 g/mol. The lowest BCUT2D eigenvalue weighted by Crippen LogP contribution is -2.09. The Morgan fingerprint density at radius 1 is 1.37 bits per heavy atom. The molecule has 0 N–H and O–H groups in total. The van der Waals surface area contributed by atoms with Gasteiger partial charge in [0.25, 0.3) is 8.61 Å². The van der Waals surface area contributed by atoms with Crippen LogP contribution in [-0.4, -0.2) is 16.9 Å². The first-order valence-corrected chi connectivity index (χ1v) is 10.2. The molecule has 0 saturated carbocycles. The first-order valence-electron chi connectivity index (χ1n) is 9.06. The van der Waals surface area contributed by atoms with Crippen molar-refractivity contribution in [3.05, 3.63) is 63.6 Å². The second-order valence-corrected chi connectivity index (χ2v) is 7.55. The molecule has 0 fully saturated rings. The van der Waals surface area contributed by atoms with Gasteiger partial charge in [-0.2, -0.15) is 5.26 Å². The number of aryl methyl sites for hydroxylation is 1. The number of benzene rings is 2. The highest BCUT2D eigenvalue weighted by atomic mass is 35.5.